The van der Waals surface area contributed by atoms with E-state index in [0.29, 0.717) is 11.3 Å². The Morgan fingerprint density at radius 1 is 1.60 bits per heavy atom. The van der Waals surface area contributed by atoms with Gasteiger partial charge >= 0.3 is 5.97 Å². The first kappa shape index (κ1) is 11.1. The van der Waals surface area contributed by atoms with Crippen molar-refractivity contribution in [3.05, 3.63) is 29.1 Å². The molecule has 0 atom stereocenters. The molecule has 0 aliphatic rings. The second kappa shape index (κ2) is 4.47. The van der Waals surface area contributed by atoms with E-state index in [9.17, 15) is 9.18 Å². The van der Waals surface area contributed by atoms with Crippen molar-refractivity contribution in [3.63, 3.8) is 0 Å². The number of carbonyl (C=O) groups is 1. The van der Waals surface area contributed by atoms with Gasteiger partial charge in [-0.3, -0.25) is 4.79 Å². The maximum atomic E-state index is 13.5. The fourth-order valence-corrected chi connectivity index (χ4v) is 1.01. The van der Waals surface area contributed by atoms with Crippen molar-refractivity contribution in [2.24, 2.45) is 0 Å². The number of nitrogen functional groups attached to an aromatic ring is 1. The minimum absolute atomic E-state index is 0.169. The number of halogens is 1. The zero-order valence-electron chi connectivity index (χ0n) is 8.17. The molecule has 15 heavy (non-hydrogen) atoms. The molecule has 0 aromatic heterocycles. The summed E-state index contributed by atoms with van der Waals surface area (Å²) < 4.78 is 13.5. The van der Waals surface area contributed by atoms with Gasteiger partial charge in [-0.2, -0.15) is 0 Å². The number of rotatable bonds is 1. The third-order valence-electron chi connectivity index (χ3n) is 1.89. The molecule has 0 unspecified atom stereocenters. The monoisotopic (exact) mass is 207 g/mol. The van der Waals surface area contributed by atoms with Crippen LogP contribution in [-0.2, 0) is 4.79 Å². The molecule has 78 valence electrons. The molecular formula is C11H10FNO2. The van der Waals surface area contributed by atoms with Gasteiger partial charge in [-0.1, -0.05) is 11.8 Å². The van der Waals surface area contributed by atoms with E-state index in [-0.39, 0.29) is 12.0 Å². The van der Waals surface area contributed by atoms with E-state index in [4.69, 9.17) is 10.8 Å². The van der Waals surface area contributed by atoms with Crippen LogP contribution >= 0.6 is 0 Å². The number of benzene rings is 1. The van der Waals surface area contributed by atoms with Crippen LogP contribution in [0.4, 0.5) is 10.1 Å². The molecule has 0 bridgehead atoms. The van der Waals surface area contributed by atoms with Crippen molar-refractivity contribution >= 4 is 11.7 Å². The summed E-state index contributed by atoms with van der Waals surface area (Å²) in [5.74, 6) is 3.28. The van der Waals surface area contributed by atoms with E-state index in [1.807, 2.05) is 0 Å². The van der Waals surface area contributed by atoms with Crippen LogP contribution in [0.15, 0.2) is 12.1 Å². The molecule has 1 aromatic rings. The third kappa shape index (κ3) is 2.71. The van der Waals surface area contributed by atoms with Crippen molar-refractivity contribution < 1.29 is 14.3 Å². The molecule has 3 N–H and O–H groups in total. The molecule has 0 aliphatic carbocycles. The molecule has 0 amide bonds. The lowest BCUT2D eigenvalue weighted by molar-refractivity contribution is -0.135. The number of hydrogen-bond acceptors (Lipinski definition) is 2. The number of nitrogens with two attached hydrogens (primary N) is 1. The van der Waals surface area contributed by atoms with Crippen molar-refractivity contribution in [1.82, 2.24) is 0 Å². The van der Waals surface area contributed by atoms with Crippen LogP contribution in [0.5, 0.6) is 0 Å². The fraction of sp³-hybridized carbons (Fsp3) is 0.182. The number of carboxylic acids is 1. The first-order valence-electron chi connectivity index (χ1n) is 4.27. The van der Waals surface area contributed by atoms with Crippen LogP contribution in [0.3, 0.4) is 0 Å². The first-order chi connectivity index (χ1) is 7.02. The van der Waals surface area contributed by atoms with E-state index in [0.717, 1.165) is 0 Å². The van der Waals surface area contributed by atoms with E-state index in [2.05, 4.69) is 11.8 Å². The molecule has 1 rings (SSSR count). The largest absolute Gasteiger partial charge is 0.481 e. The Morgan fingerprint density at radius 3 is 2.87 bits per heavy atom. The summed E-state index contributed by atoms with van der Waals surface area (Å²) in [6.07, 6.45) is -0.303. The highest BCUT2D eigenvalue weighted by molar-refractivity contribution is 5.70. The third-order valence-corrected chi connectivity index (χ3v) is 1.89. The smallest absolute Gasteiger partial charge is 0.315 e. The normalized spacial score (nSPS) is 9.20. The highest BCUT2D eigenvalue weighted by atomic mass is 19.1. The molecule has 0 spiro atoms. The molecule has 1 aromatic carbocycles. The second-order valence-electron chi connectivity index (χ2n) is 3.01. The summed E-state index contributed by atoms with van der Waals surface area (Å²) in [7, 11) is 0. The lowest BCUT2D eigenvalue weighted by Crippen LogP contribution is -1.96. The van der Waals surface area contributed by atoms with Crippen LogP contribution in [0.1, 0.15) is 17.5 Å². The van der Waals surface area contributed by atoms with Crippen LogP contribution in [0.2, 0.25) is 0 Å². The van der Waals surface area contributed by atoms with E-state index < -0.39 is 11.8 Å². The predicted octanol–water partition coefficient (Wildman–Crippen LogP) is 1.54. The van der Waals surface area contributed by atoms with Crippen LogP contribution in [0, 0.1) is 24.6 Å². The van der Waals surface area contributed by atoms with Gasteiger partial charge in [0.1, 0.15) is 12.2 Å². The fourth-order valence-electron chi connectivity index (χ4n) is 1.01. The average molecular weight is 207 g/mol. The number of carboxylic acid groups (broad SMARTS) is 1. The lowest BCUT2D eigenvalue weighted by Gasteiger charge is -2.02. The number of hydrogen-bond donors (Lipinski definition) is 2. The van der Waals surface area contributed by atoms with Gasteiger partial charge in [-0.15, -0.1) is 0 Å². The SMILES string of the molecule is Cc1c(N)ccc(C#CCC(=O)O)c1F. The summed E-state index contributed by atoms with van der Waals surface area (Å²) in [6.45, 7) is 1.55. The molecule has 0 aliphatic heterocycles. The molecule has 0 heterocycles. The first-order valence-corrected chi connectivity index (χ1v) is 4.27. The van der Waals surface area contributed by atoms with Crippen LogP contribution in [-0.4, -0.2) is 11.1 Å². The summed E-state index contributed by atoms with van der Waals surface area (Å²) in [6, 6.07) is 2.98. The van der Waals surface area contributed by atoms with Crippen molar-refractivity contribution in [1.29, 1.82) is 0 Å². The van der Waals surface area contributed by atoms with Gasteiger partial charge in [0.2, 0.25) is 0 Å². The molecule has 0 saturated heterocycles. The van der Waals surface area contributed by atoms with Crippen molar-refractivity contribution in [2.75, 3.05) is 5.73 Å². The van der Waals surface area contributed by atoms with Gasteiger partial charge in [0, 0.05) is 11.3 Å². The Morgan fingerprint density at radius 2 is 2.27 bits per heavy atom. The molecular weight excluding hydrogens is 197 g/mol. The van der Waals surface area contributed by atoms with Crippen molar-refractivity contribution in [2.45, 2.75) is 13.3 Å². The quantitative estimate of drug-likeness (QED) is 0.542. The summed E-state index contributed by atoms with van der Waals surface area (Å²) >= 11 is 0. The summed E-state index contributed by atoms with van der Waals surface area (Å²) in [5.41, 5.74) is 6.34. The molecule has 0 saturated carbocycles. The Bertz CT molecular complexity index is 458. The maximum absolute atomic E-state index is 13.5. The topological polar surface area (TPSA) is 63.3 Å². The van der Waals surface area contributed by atoms with Gasteiger partial charge in [0.15, 0.2) is 0 Å². The Balaban J connectivity index is 3.00. The van der Waals surface area contributed by atoms with E-state index in [1.54, 1.807) is 13.0 Å². The van der Waals surface area contributed by atoms with Crippen molar-refractivity contribution in [3.8, 4) is 11.8 Å². The molecule has 4 heteroatoms. The number of aliphatic carboxylic acids is 1. The molecule has 3 nitrogen and oxygen atoms in total. The zero-order valence-corrected chi connectivity index (χ0v) is 8.17. The summed E-state index contributed by atoms with van der Waals surface area (Å²) in [5, 5.41) is 8.34. The lowest BCUT2D eigenvalue weighted by atomic mass is 10.1. The maximum Gasteiger partial charge on any atom is 0.315 e. The summed E-state index contributed by atoms with van der Waals surface area (Å²) in [4.78, 5) is 10.2. The Hall–Kier alpha value is -2.02. The van der Waals surface area contributed by atoms with Gasteiger partial charge in [-0.05, 0) is 19.1 Å². The van der Waals surface area contributed by atoms with Crippen LogP contribution in [0.25, 0.3) is 0 Å². The van der Waals surface area contributed by atoms with Gasteiger partial charge in [0.05, 0.1) is 5.56 Å². The highest BCUT2D eigenvalue weighted by Gasteiger charge is 2.05. The second-order valence-corrected chi connectivity index (χ2v) is 3.01. The Kier molecular flexibility index (Phi) is 3.29. The van der Waals surface area contributed by atoms with Gasteiger partial charge < -0.3 is 10.8 Å². The van der Waals surface area contributed by atoms with E-state index >= 15 is 0 Å². The minimum atomic E-state index is -1.03. The molecule has 0 fully saturated rings. The number of anilines is 1. The molecule has 0 radical (unpaired) electrons. The van der Waals surface area contributed by atoms with Crippen LogP contribution < -0.4 is 5.73 Å². The predicted molar refractivity (Wildman–Crippen MR) is 54.7 cm³/mol. The average Bonchev–Trinajstić information content (AvgIpc) is 2.18. The highest BCUT2D eigenvalue weighted by Crippen LogP contribution is 2.17. The zero-order chi connectivity index (χ0) is 11.4. The standard InChI is InChI=1S/C11H10FNO2/c1-7-9(13)6-5-8(11(7)12)3-2-4-10(14)15/h5-6H,4,13H2,1H3,(H,14,15). The van der Waals surface area contributed by atoms with E-state index in [1.165, 1.54) is 6.07 Å². The van der Waals surface area contributed by atoms with Gasteiger partial charge in [-0.25, -0.2) is 4.39 Å². The minimum Gasteiger partial charge on any atom is -0.481 e. The Labute approximate surface area is 86.7 Å². The van der Waals surface area contributed by atoms with Gasteiger partial charge in [0.25, 0.3) is 0 Å².